The molecule has 0 saturated carbocycles. The number of piperidine rings is 1. The van der Waals surface area contributed by atoms with Gasteiger partial charge in [0.2, 0.25) is 0 Å². The third-order valence-corrected chi connectivity index (χ3v) is 4.30. The summed E-state index contributed by atoms with van der Waals surface area (Å²) in [6.07, 6.45) is 3.00. The molecule has 0 radical (unpaired) electrons. The van der Waals surface area contributed by atoms with Crippen LogP contribution in [0.3, 0.4) is 0 Å². The molecule has 2 aliphatic heterocycles. The molecule has 0 aliphatic carbocycles. The number of hydrogen-bond acceptors (Lipinski definition) is 4. The molecule has 2 aliphatic rings. The Balaban J connectivity index is 1.84. The first-order chi connectivity index (χ1) is 8.20. The highest BCUT2D eigenvalue weighted by atomic mass is 16.5. The molecule has 0 spiro atoms. The van der Waals surface area contributed by atoms with E-state index in [1.165, 1.54) is 19.4 Å². The van der Waals surface area contributed by atoms with Crippen LogP contribution in [0.2, 0.25) is 0 Å². The van der Waals surface area contributed by atoms with Crippen LogP contribution in [0.4, 0.5) is 0 Å². The fourth-order valence-corrected chi connectivity index (χ4v) is 3.02. The molecule has 2 saturated heterocycles. The fourth-order valence-electron chi connectivity index (χ4n) is 3.02. The Kier molecular flexibility index (Phi) is 4.79. The lowest BCUT2D eigenvalue weighted by Crippen LogP contribution is -2.54. The molecule has 4 heteroatoms. The summed E-state index contributed by atoms with van der Waals surface area (Å²) in [4.78, 5) is 5.12. The molecule has 0 aromatic carbocycles. The highest BCUT2D eigenvalue weighted by Gasteiger charge is 2.30. The smallest absolute Gasteiger partial charge is 0.0826 e. The first kappa shape index (κ1) is 13.3. The van der Waals surface area contributed by atoms with Gasteiger partial charge >= 0.3 is 0 Å². The van der Waals surface area contributed by atoms with Crippen LogP contribution in [0.5, 0.6) is 0 Å². The van der Waals surface area contributed by atoms with Gasteiger partial charge in [0.15, 0.2) is 0 Å². The highest BCUT2D eigenvalue weighted by molar-refractivity contribution is 4.86. The van der Waals surface area contributed by atoms with Crippen molar-refractivity contribution in [3.8, 4) is 0 Å². The summed E-state index contributed by atoms with van der Waals surface area (Å²) in [5.74, 6) is 0. The van der Waals surface area contributed by atoms with Crippen molar-refractivity contribution in [3.63, 3.8) is 0 Å². The number of likely N-dealkylation sites (N-methyl/N-ethyl adjacent to an activating group) is 1. The number of nitrogens with one attached hydrogen (secondary N) is 1. The van der Waals surface area contributed by atoms with Gasteiger partial charge in [-0.1, -0.05) is 0 Å². The fraction of sp³-hybridized carbons (Fsp3) is 1.00. The zero-order valence-corrected chi connectivity index (χ0v) is 11.5. The zero-order chi connectivity index (χ0) is 12.3. The van der Waals surface area contributed by atoms with Crippen LogP contribution in [0.1, 0.15) is 19.8 Å². The van der Waals surface area contributed by atoms with Crippen LogP contribution in [-0.4, -0.2) is 74.9 Å². The second kappa shape index (κ2) is 6.14. The van der Waals surface area contributed by atoms with Crippen LogP contribution in [0, 0.1) is 0 Å². The number of hydrogen-bond donors (Lipinski definition) is 1. The van der Waals surface area contributed by atoms with E-state index in [-0.39, 0.29) is 0 Å². The van der Waals surface area contributed by atoms with Gasteiger partial charge in [0.1, 0.15) is 0 Å². The van der Waals surface area contributed by atoms with Crippen molar-refractivity contribution in [2.45, 2.75) is 38.0 Å². The predicted molar refractivity (Wildman–Crippen MR) is 70.4 cm³/mol. The van der Waals surface area contributed by atoms with Crippen LogP contribution >= 0.6 is 0 Å². The Morgan fingerprint density at radius 1 is 1.35 bits per heavy atom. The summed E-state index contributed by atoms with van der Waals surface area (Å²) in [5, 5.41) is 3.22. The quantitative estimate of drug-likeness (QED) is 0.773. The zero-order valence-electron chi connectivity index (χ0n) is 11.5. The lowest BCUT2D eigenvalue weighted by Gasteiger charge is -2.44. The molecule has 2 heterocycles. The van der Waals surface area contributed by atoms with Gasteiger partial charge in [-0.3, -0.25) is 4.90 Å². The van der Waals surface area contributed by atoms with E-state index in [0.29, 0.717) is 6.10 Å². The monoisotopic (exact) mass is 241 g/mol. The van der Waals surface area contributed by atoms with E-state index < -0.39 is 0 Å². The molecule has 17 heavy (non-hydrogen) atoms. The highest BCUT2D eigenvalue weighted by Crippen LogP contribution is 2.22. The van der Waals surface area contributed by atoms with Crippen molar-refractivity contribution < 1.29 is 4.74 Å². The summed E-state index contributed by atoms with van der Waals surface area (Å²) in [5.41, 5.74) is 0. The molecule has 1 N–H and O–H groups in total. The number of likely N-dealkylation sites (tertiary alicyclic amines) is 1. The Morgan fingerprint density at radius 2 is 2.18 bits per heavy atom. The van der Waals surface area contributed by atoms with Gasteiger partial charge in [-0.05, 0) is 40.4 Å². The van der Waals surface area contributed by atoms with Gasteiger partial charge < -0.3 is 15.0 Å². The largest absolute Gasteiger partial charge is 0.374 e. The third-order valence-electron chi connectivity index (χ3n) is 4.30. The average Bonchev–Trinajstić information content (AvgIpc) is 2.33. The molecule has 0 aromatic rings. The SMILES string of the molecule is CNCC1CN(C2CCN(C)C(C)C2)CCO1. The summed E-state index contributed by atoms with van der Waals surface area (Å²) in [6, 6.07) is 1.49. The number of morpholine rings is 1. The average molecular weight is 241 g/mol. The first-order valence-electron chi connectivity index (χ1n) is 6.91. The van der Waals surface area contributed by atoms with Gasteiger partial charge in [0.25, 0.3) is 0 Å². The van der Waals surface area contributed by atoms with E-state index in [4.69, 9.17) is 4.74 Å². The van der Waals surface area contributed by atoms with Crippen LogP contribution in [0.25, 0.3) is 0 Å². The minimum Gasteiger partial charge on any atom is -0.374 e. The Hall–Kier alpha value is -0.160. The minimum atomic E-state index is 0.378. The maximum atomic E-state index is 5.77. The molecular formula is C13H27N3O. The molecule has 0 bridgehead atoms. The number of nitrogens with zero attached hydrogens (tertiary/aromatic N) is 2. The van der Waals surface area contributed by atoms with Gasteiger partial charge in [0.05, 0.1) is 12.7 Å². The summed E-state index contributed by atoms with van der Waals surface area (Å²) in [6.45, 7) is 7.66. The van der Waals surface area contributed by atoms with Crippen molar-refractivity contribution in [3.05, 3.63) is 0 Å². The second-order valence-corrected chi connectivity index (χ2v) is 5.55. The summed E-state index contributed by atoms with van der Waals surface area (Å²) >= 11 is 0. The standard InChI is InChI=1S/C13H27N3O/c1-11-8-12(4-5-15(11)3)16-6-7-17-13(10-16)9-14-2/h11-14H,4-10H2,1-3H3. The predicted octanol–water partition coefficient (Wildman–Crippen LogP) is 0.389. The van der Waals surface area contributed by atoms with E-state index in [9.17, 15) is 0 Å². The molecule has 0 aromatic heterocycles. The van der Waals surface area contributed by atoms with Crippen molar-refractivity contribution in [2.75, 3.05) is 46.9 Å². The van der Waals surface area contributed by atoms with Crippen LogP contribution < -0.4 is 5.32 Å². The van der Waals surface area contributed by atoms with Crippen molar-refractivity contribution in [1.82, 2.24) is 15.1 Å². The topological polar surface area (TPSA) is 27.7 Å². The minimum absolute atomic E-state index is 0.378. The van der Waals surface area contributed by atoms with E-state index in [2.05, 4.69) is 29.1 Å². The molecular weight excluding hydrogens is 214 g/mol. The van der Waals surface area contributed by atoms with Gasteiger partial charge in [-0.25, -0.2) is 0 Å². The molecule has 2 rings (SSSR count). The van der Waals surface area contributed by atoms with E-state index >= 15 is 0 Å². The lowest BCUT2D eigenvalue weighted by molar-refractivity contribution is -0.0528. The Labute approximate surface area is 105 Å². The first-order valence-corrected chi connectivity index (χ1v) is 6.91. The molecule has 3 unspecified atom stereocenters. The third kappa shape index (κ3) is 3.41. The van der Waals surface area contributed by atoms with Gasteiger partial charge in [-0.2, -0.15) is 0 Å². The molecule has 2 fully saturated rings. The van der Waals surface area contributed by atoms with Crippen molar-refractivity contribution in [1.29, 1.82) is 0 Å². The molecule has 4 nitrogen and oxygen atoms in total. The van der Waals surface area contributed by atoms with Gasteiger partial charge in [0, 0.05) is 31.7 Å². The maximum Gasteiger partial charge on any atom is 0.0826 e. The van der Waals surface area contributed by atoms with Crippen molar-refractivity contribution in [2.24, 2.45) is 0 Å². The Bertz CT molecular complexity index is 235. The van der Waals surface area contributed by atoms with E-state index in [1.54, 1.807) is 0 Å². The summed E-state index contributed by atoms with van der Waals surface area (Å²) < 4.78 is 5.77. The Morgan fingerprint density at radius 3 is 2.88 bits per heavy atom. The molecule has 100 valence electrons. The van der Waals surface area contributed by atoms with Crippen molar-refractivity contribution >= 4 is 0 Å². The summed E-state index contributed by atoms with van der Waals surface area (Å²) in [7, 11) is 4.24. The maximum absolute atomic E-state index is 5.77. The number of rotatable bonds is 3. The van der Waals surface area contributed by atoms with E-state index in [1.807, 2.05) is 7.05 Å². The van der Waals surface area contributed by atoms with Gasteiger partial charge in [-0.15, -0.1) is 0 Å². The normalized spacial score (nSPS) is 37.2. The molecule has 0 amide bonds. The number of ether oxygens (including phenoxy) is 1. The molecule has 3 atom stereocenters. The van der Waals surface area contributed by atoms with Crippen LogP contribution in [-0.2, 0) is 4.74 Å². The second-order valence-electron chi connectivity index (χ2n) is 5.55. The lowest BCUT2D eigenvalue weighted by atomic mass is 9.96. The van der Waals surface area contributed by atoms with Crippen LogP contribution in [0.15, 0.2) is 0 Å². The van der Waals surface area contributed by atoms with E-state index in [0.717, 1.165) is 38.3 Å².